The lowest BCUT2D eigenvalue weighted by atomic mass is 10.1. The van der Waals surface area contributed by atoms with Crippen molar-refractivity contribution in [2.75, 3.05) is 19.0 Å². The number of anilines is 1. The molecule has 1 unspecified atom stereocenters. The Morgan fingerprint density at radius 1 is 1.53 bits per heavy atom. The first-order valence-corrected chi connectivity index (χ1v) is 6.08. The van der Waals surface area contributed by atoms with Gasteiger partial charge in [-0.05, 0) is 24.1 Å². The summed E-state index contributed by atoms with van der Waals surface area (Å²) < 4.78 is 4.67. The molecule has 0 aliphatic heterocycles. The molecule has 1 aromatic rings. The summed E-state index contributed by atoms with van der Waals surface area (Å²) in [5.41, 5.74) is 1.28. The van der Waals surface area contributed by atoms with E-state index < -0.39 is 5.97 Å². The molecule has 4 heteroatoms. The van der Waals surface area contributed by atoms with Crippen molar-refractivity contribution in [3.8, 4) is 0 Å². The third kappa shape index (κ3) is 3.93. The minimum Gasteiger partial charge on any atom is -0.465 e. The molecule has 0 aliphatic carbocycles. The molecule has 0 fully saturated rings. The van der Waals surface area contributed by atoms with Gasteiger partial charge in [0.05, 0.1) is 17.7 Å². The monoisotopic (exact) mass is 255 g/mol. The van der Waals surface area contributed by atoms with Crippen LogP contribution in [0.25, 0.3) is 0 Å². The highest BCUT2D eigenvalue weighted by Crippen LogP contribution is 2.21. The fourth-order valence-corrected chi connectivity index (χ4v) is 1.53. The van der Waals surface area contributed by atoms with Gasteiger partial charge in [0.15, 0.2) is 0 Å². The molecule has 0 aliphatic rings. The van der Waals surface area contributed by atoms with E-state index in [1.165, 1.54) is 7.11 Å². The zero-order valence-corrected chi connectivity index (χ0v) is 11.2. The van der Waals surface area contributed by atoms with Gasteiger partial charge in [-0.1, -0.05) is 31.9 Å². The van der Waals surface area contributed by atoms with Crippen LogP contribution in [0.1, 0.15) is 30.6 Å². The third-order valence-electron chi connectivity index (χ3n) is 2.72. The van der Waals surface area contributed by atoms with E-state index in [0.717, 1.165) is 18.7 Å². The van der Waals surface area contributed by atoms with Gasteiger partial charge < -0.3 is 10.1 Å². The number of methoxy groups -OCH3 is 1. The third-order valence-corrected chi connectivity index (χ3v) is 3.05. The predicted molar refractivity (Wildman–Crippen MR) is 70.7 cm³/mol. The number of carbonyl (C=O) groups excluding carboxylic acids is 1. The molecule has 0 aromatic heterocycles. The summed E-state index contributed by atoms with van der Waals surface area (Å²) in [5.74, 6) is 0.175. The van der Waals surface area contributed by atoms with Crippen LogP contribution in [-0.2, 0) is 4.74 Å². The summed E-state index contributed by atoms with van der Waals surface area (Å²) >= 11 is 5.93. The molecular weight excluding hydrogens is 238 g/mol. The molecule has 3 nitrogen and oxygen atoms in total. The molecule has 0 spiro atoms. The van der Waals surface area contributed by atoms with Crippen molar-refractivity contribution in [2.45, 2.75) is 20.3 Å². The Hall–Kier alpha value is -1.22. The Balaban J connectivity index is 2.78. The van der Waals surface area contributed by atoms with Crippen LogP contribution in [-0.4, -0.2) is 19.6 Å². The zero-order valence-electron chi connectivity index (χ0n) is 10.4. The standard InChI is InChI=1S/C13H18ClNO2/c1-4-9(2)8-15-10-5-6-12(14)11(7-10)13(16)17-3/h5-7,9,15H,4,8H2,1-3H3. The van der Waals surface area contributed by atoms with Crippen molar-refractivity contribution >= 4 is 23.3 Å². The number of rotatable bonds is 5. The van der Waals surface area contributed by atoms with Gasteiger partial charge in [0.1, 0.15) is 0 Å². The molecule has 1 N–H and O–H groups in total. The maximum absolute atomic E-state index is 11.4. The van der Waals surface area contributed by atoms with Crippen molar-refractivity contribution in [1.29, 1.82) is 0 Å². The van der Waals surface area contributed by atoms with Crippen molar-refractivity contribution in [3.63, 3.8) is 0 Å². The van der Waals surface area contributed by atoms with Crippen LogP contribution in [0, 0.1) is 5.92 Å². The van der Waals surface area contributed by atoms with Crippen molar-refractivity contribution in [1.82, 2.24) is 0 Å². The van der Waals surface area contributed by atoms with Gasteiger partial charge in [-0.25, -0.2) is 4.79 Å². The lowest BCUT2D eigenvalue weighted by molar-refractivity contribution is 0.0601. The lowest BCUT2D eigenvalue weighted by Crippen LogP contribution is -2.11. The largest absolute Gasteiger partial charge is 0.465 e. The first kappa shape index (κ1) is 13.8. The summed E-state index contributed by atoms with van der Waals surface area (Å²) in [6, 6.07) is 5.28. The minimum atomic E-state index is -0.415. The lowest BCUT2D eigenvalue weighted by Gasteiger charge is -2.12. The van der Waals surface area contributed by atoms with Crippen LogP contribution < -0.4 is 5.32 Å². The van der Waals surface area contributed by atoms with Crippen LogP contribution in [0.15, 0.2) is 18.2 Å². The van der Waals surface area contributed by atoms with Crippen molar-refractivity contribution in [3.05, 3.63) is 28.8 Å². The second-order valence-electron chi connectivity index (χ2n) is 4.08. The molecule has 0 amide bonds. The van der Waals surface area contributed by atoms with Gasteiger partial charge >= 0.3 is 5.97 Å². The van der Waals surface area contributed by atoms with Gasteiger partial charge in [-0.3, -0.25) is 0 Å². The molecule has 0 saturated carbocycles. The quantitative estimate of drug-likeness (QED) is 0.818. The Labute approximate surface area is 107 Å². The molecule has 94 valence electrons. The average Bonchev–Trinajstić information content (AvgIpc) is 2.36. The van der Waals surface area contributed by atoms with Crippen LogP contribution in [0.2, 0.25) is 5.02 Å². The topological polar surface area (TPSA) is 38.3 Å². The van der Waals surface area contributed by atoms with E-state index in [-0.39, 0.29) is 0 Å². The van der Waals surface area contributed by atoms with E-state index in [1.54, 1.807) is 12.1 Å². The molecule has 0 heterocycles. The van der Waals surface area contributed by atoms with E-state index in [0.29, 0.717) is 16.5 Å². The molecule has 0 radical (unpaired) electrons. The summed E-state index contributed by atoms with van der Waals surface area (Å²) in [7, 11) is 1.35. The smallest absolute Gasteiger partial charge is 0.339 e. The van der Waals surface area contributed by atoms with Crippen LogP contribution in [0.4, 0.5) is 5.69 Å². The van der Waals surface area contributed by atoms with Crippen LogP contribution in [0.3, 0.4) is 0 Å². The Morgan fingerprint density at radius 3 is 2.82 bits per heavy atom. The molecule has 1 atom stereocenters. The zero-order chi connectivity index (χ0) is 12.8. The number of esters is 1. The van der Waals surface area contributed by atoms with Crippen molar-refractivity contribution in [2.24, 2.45) is 5.92 Å². The van der Waals surface area contributed by atoms with E-state index >= 15 is 0 Å². The molecule has 1 aromatic carbocycles. The predicted octanol–water partition coefficient (Wildman–Crippen LogP) is 3.58. The summed E-state index contributed by atoms with van der Waals surface area (Å²) in [5, 5.41) is 3.68. The van der Waals surface area contributed by atoms with E-state index in [2.05, 4.69) is 23.9 Å². The summed E-state index contributed by atoms with van der Waals surface area (Å²) in [4.78, 5) is 11.4. The Kier molecular flexibility index (Phi) is 5.29. The van der Waals surface area contributed by atoms with Crippen LogP contribution in [0.5, 0.6) is 0 Å². The van der Waals surface area contributed by atoms with Gasteiger partial charge in [0.2, 0.25) is 0 Å². The SMILES string of the molecule is CCC(C)CNc1ccc(Cl)c(C(=O)OC)c1. The molecule has 17 heavy (non-hydrogen) atoms. The van der Waals surface area contributed by atoms with E-state index in [9.17, 15) is 4.79 Å². The van der Waals surface area contributed by atoms with E-state index in [1.807, 2.05) is 6.07 Å². The average molecular weight is 256 g/mol. The highest BCUT2D eigenvalue weighted by atomic mass is 35.5. The Bertz CT molecular complexity index is 393. The summed E-state index contributed by atoms with van der Waals surface area (Å²) in [6.07, 6.45) is 1.12. The van der Waals surface area contributed by atoms with Gasteiger partial charge in [0.25, 0.3) is 0 Å². The molecule has 0 bridgehead atoms. The van der Waals surface area contributed by atoms with Crippen LogP contribution >= 0.6 is 11.6 Å². The maximum Gasteiger partial charge on any atom is 0.339 e. The van der Waals surface area contributed by atoms with Gasteiger partial charge in [0, 0.05) is 12.2 Å². The second-order valence-corrected chi connectivity index (χ2v) is 4.49. The second kappa shape index (κ2) is 6.50. The number of benzene rings is 1. The first-order chi connectivity index (χ1) is 8.08. The maximum atomic E-state index is 11.4. The molecule has 0 saturated heterocycles. The number of ether oxygens (including phenoxy) is 1. The van der Waals surface area contributed by atoms with Gasteiger partial charge in [-0.2, -0.15) is 0 Å². The number of hydrogen-bond acceptors (Lipinski definition) is 3. The highest BCUT2D eigenvalue weighted by Gasteiger charge is 2.11. The number of hydrogen-bond donors (Lipinski definition) is 1. The number of carbonyl (C=O) groups is 1. The minimum absolute atomic E-state index is 0.392. The summed E-state index contributed by atoms with van der Waals surface area (Å²) in [6.45, 7) is 5.19. The first-order valence-electron chi connectivity index (χ1n) is 5.70. The fourth-order valence-electron chi connectivity index (χ4n) is 1.34. The number of nitrogens with one attached hydrogen (secondary N) is 1. The fraction of sp³-hybridized carbons (Fsp3) is 0.462. The van der Waals surface area contributed by atoms with Crippen molar-refractivity contribution < 1.29 is 9.53 Å². The normalized spacial score (nSPS) is 12.0. The molecule has 1 rings (SSSR count). The molecular formula is C13H18ClNO2. The van der Waals surface area contributed by atoms with E-state index in [4.69, 9.17) is 11.6 Å². The van der Waals surface area contributed by atoms with Gasteiger partial charge in [-0.15, -0.1) is 0 Å². The number of halogens is 1. The Morgan fingerprint density at radius 2 is 2.24 bits per heavy atom. The highest BCUT2D eigenvalue weighted by molar-refractivity contribution is 6.33.